The number of carbonyl (C=O) groups excluding carboxylic acids is 2. The average Bonchev–Trinajstić information content (AvgIpc) is 2.71. The number of aryl methyl sites for hydroxylation is 1. The van der Waals surface area contributed by atoms with Crippen molar-refractivity contribution in [1.82, 2.24) is 10.2 Å². The second-order valence-electron chi connectivity index (χ2n) is 9.36. The number of hydrogen-bond acceptors (Lipinski definition) is 4. The van der Waals surface area contributed by atoms with Crippen molar-refractivity contribution in [3.8, 4) is 0 Å². The predicted octanol–water partition coefficient (Wildman–Crippen LogP) is 3.62. The lowest BCUT2D eigenvalue weighted by molar-refractivity contribution is -0.141. The lowest BCUT2D eigenvalue weighted by Gasteiger charge is -2.34. The van der Waals surface area contributed by atoms with Crippen molar-refractivity contribution in [3.63, 3.8) is 0 Å². The maximum absolute atomic E-state index is 13.6. The van der Waals surface area contributed by atoms with E-state index < -0.39 is 39.9 Å². The number of anilines is 1. The Labute approximate surface area is 202 Å². The first-order valence-corrected chi connectivity index (χ1v) is 13.0. The molecule has 2 amide bonds. The number of benzene rings is 2. The zero-order chi connectivity index (χ0) is 25.7. The summed E-state index contributed by atoms with van der Waals surface area (Å²) in [5, 5.41) is 2.92. The summed E-state index contributed by atoms with van der Waals surface area (Å²) in [4.78, 5) is 28.1. The highest BCUT2D eigenvalue weighted by Crippen LogP contribution is 2.21. The number of hydrogen-bond donors (Lipinski definition) is 1. The van der Waals surface area contributed by atoms with E-state index in [0.29, 0.717) is 6.42 Å². The van der Waals surface area contributed by atoms with E-state index in [-0.39, 0.29) is 18.1 Å². The number of nitrogens with one attached hydrogen (secondary N) is 1. The van der Waals surface area contributed by atoms with Gasteiger partial charge < -0.3 is 10.2 Å². The molecule has 0 radical (unpaired) electrons. The third kappa shape index (κ3) is 7.55. The first-order chi connectivity index (χ1) is 15.7. The summed E-state index contributed by atoms with van der Waals surface area (Å²) in [7, 11) is -3.86. The second kappa shape index (κ2) is 11.0. The summed E-state index contributed by atoms with van der Waals surface area (Å²) in [6.07, 6.45) is 1.33. The van der Waals surface area contributed by atoms with Crippen molar-refractivity contribution in [2.45, 2.75) is 59.2 Å². The summed E-state index contributed by atoms with van der Waals surface area (Å²) in [5.41, 5.74) is 1.46. The number of sulfonamides is 1. The van der Waals surface area contributed by atoms with Crippen molar-refractivity contribution in [2.24, 2.45) is 0 Å². The molecule has 0 spiro atoms. The molecule has 0 unspecified atom stereocenters. The molecule has 2 rings (SSSR count). The summed E-state index contributed by atoms with van der Waals surface area (Å²) in [5.74, 6) is -1.37. The molecule has 0 fully saturated rings. The van der Waals surface area contributed by atoms with Gasteiger partial charge in [-0.15, -0.1) is 0 Å². The molecule has 7 nitrogen and oxygen atoms in total. The van der Waals surface area contributed by atoms with Crippen molar-refractivity contribution < 1.29 is 22.4 Å². The zero-order valence-corrected chi connectivity index (χ0v) is 21.4. The van der Waals surface area contributed by atoms with Crippen LogP contribution in [0.2, 0.25) is 0 Å². The Kier molecular flexibility index (Phi) is 8.83. The number of rotatable bonds is 9. The van der Waals surface area contributed by atoms with Gasteiger partial charge in [0.25, 0.3) is 0 Å². The van der Waals surface area contributed by atoms with Crippen molar-refractivity contribution in [3.05, 3.63) is 65.5 Å². The summed E-state index contributed by atoms with van der Waals surface area (Å²) in [6.45, 7) is 8.90. The van der Waals surface area contributed by atoms with Gasteiger partial charge in [-0.1, -0.05) is 31.2 Å². The van der Waals surface area contributed by atoms with E-state index >= 15 is 0 Å². The number of halogens is 1. The Morgan fingerprint density at radius 1 is 1.06 bits per heavy atom. The van der Waals surface area contributed by atoms with Crippen LogP contribution in [0.25, 0.3) is 0 Å². The number of carbonyl (C=O) groups is 2. The molecule has 34 heavy (non-hydrogen) atoms. The Bertz CT molecular complexity index is 1110. The average molecular weight is 492 g/mol. The molecule has 2 aromatic rings. The van der Waals surface area contributed by atoms with Crippen LogP contribution < -0.4 is 9.62 Å². The molecule has 0 heterocycles. The molecule has 9 heteroatoms. The van der Waals surface area contributed by atoms with Crippen LogP contribution in [0.1, 0.15) is 45.2 Å². The second-order valence-corrected chi connectivity index (χ2v) is 11.3. The quantitative estimate of drug-likeness (QED) is 0.581. The number of amides is 2. The Morgan fingerprint density at radius 2 is 1.65 bits per heavy atom. The third-order valence-corrected chi connectivity index (χ3v) is 6.42. The summed E-state index contributed by atoms with van der Waals surface area (Å²) in [6, 6.07) is 11.6. The normalized spacial score (nSPS) is 12.7. The van der Waals surface area contributed by atoms with Crippen molar-refractivity contribution in [2.75, 3.05) is 17.1 Å². The van der Waals surface area contributed by atoms with E-state index in [9.17, 15) is 22.4 Å². The Morgan fingerprint density at radius 3 is 2.15 bits per heavy atom. The smallest absolute Gasteiger partial charge is 0.244 e. The van der Waals surface area contributed by atoms with Gasteiger partial charge in [-0.25, -0.2) is 12.8 Å². The van der Waals surface area contributed by atoms with Gasteiger partial charge in [-0.05, 0) is 69.5 Å². The van der Waals surface area contributed by atoms with Crippen LogP contribution in [0.4, 0.5) is 10.1 Å². The van der Waals surface area contributed by atoms with Crippen LogP contribution in [0.3, 0.4) is 0 Å². The van der Waals surface area contributed by atoms with Crippen LogP contribution in [-0.2, 0) is 26.2 Å². The molecule has 0 aliphatic rings. The van der Waals surface area contributed by atoms with Gasteiger partial charge in [0.15, 0.2) is 0 Å². The first kappa shape index (κ1) is 27.3. The zero-order valence-electron chi connectivity index (χ0n) is 20.6. The van der Waals surface area contributed by atoms with Gasteiger partial charge in [-0.3, -0.25) is 13.9 Å². The molecule has 0 aromatic heterocycles. The molecule has 1 atom stereocenters. The number of nitrogens with zero attached hydrogens (tertiary/aromatic N) is 2. The van der Waals surface area contributed by atoms with Gasteiger partial charge >= 0.3 is 0 Å². The maximum atomic E-state index is 13.6. The fourth-order valence-electron chi connectivity index (χ4n) is 3.56. The Hall–Kier alpha value is -2.94. The van der Waals surface area contributed by atoms with E-state index in [2.05, 4.69) is 5.32 Å². The fourth-order valence-corrected chi connectivity index (χ4v) is 4.41. The van der Waals surface area contributed by atoms with E-state index in [0.717, 1.165) is 33.8 Å². The SMILES string of the molecule is CC[C@H](C(=O)NC(C)(C)C)N(Cc1ccccc1C)C(=O)CN(c1ccc(F)cc1)S(C)(=O)=O. The monoisotopic (exact) mass is 491 g/mol. The summed E-state index contributed by atoms with van der Waals surface area (Å²) >= 11 is 0. The molecule has 0 saturated carbocycles. The van der Waals surface area contributed by atoms with E-state index in [1.165, 1.54) is 17.0 Å². The molecule has 0 bridgehead atoms. The highest BCUT2D eigenvalue weighted by molar-refractivity contribution is 7.92. The lowest BCUT2D eigenvalue weighted by atomic mass is 10.0. The molecule has 0 saturated heterocycles. The topological polar surface area (TPSA) is 86.8 Å². The van der Waals surface area contributed by atoms with Crippen LogP contribution in [0, 0.1) is 12.7 Å². The van der Waals surface area contributed by atoms with Crippen LogP contribution >= 0.6 is 0 Å². The van der Waals surface area contributed by atoms with Crippen LogP contribution in [-0.4, -0.2) is 49.5 Å². The van der Waals surface area contributed by atoms with E-state index in [1.54, 1.807) is 6.92 Å². The highest BCUT2D eigenvalue weighted by Gasteiger charge is 2.33. The largest absolute Gasteiger partial charge is 0.350 e. The Balaban J connectivity index is 2.46. The molecule has 0 aliphatic carbocycles. The molecular weight excluding hydrogens is 457 g/mol. The molecule has 186 valence electrons. The highest BCUT2D eigenvalue weighted by atomic mass is 32.2. The van der Waals surface area contributed by atoms with Crippen LogP contribution in [0.15, 0.2) is 48.5 Å². The van der Waals surface area contributed by atoms with Gasteiger partial charge in [-0.2, -0.15) is 0 Å². The van der Waals surface area contributed by atoms with Gasteiger partial charge in [0.1, 0.15) is 18.4 Å². The van der Waals surface area contributed by atoms with Crippen molar-refractivity contribution in [1.29, 1.82) is 0 Å². The predicted molar refractivity (Wildman–Crippen MR) is 132 cm³/mol. The maximum Gasteiger partial charge on any atom is 0.244 e. The van der Waals surface area contributed by atoms with Gasteiger partial charge in [0.2, 0.25) is 21.8 Å². The van der Waals surface area contributed by atoms with Crippen LogP contribution in [0.5, 0.6) is 0 Å². The molecular formula is C25H34FN3O4S. The molecule has 0 aliphatic heterocycles. The standard InChI is InChI=1S/C25H34FN3O4S/c1-7-22(24(31)27-25(3,4)5)28(16-19-11-9-8-10-18(19)2)23(30)17-29(34(6,32)33)21-14-12-20(26)13-15-21/h8-15,22H,7,16-17H2,1-6H3,(H,27,31)/t22-/m1/s1. The van der Waals surface area contributed by atoms with E-state index in [1.807, 2.05) is 52.0 Å². The fraction of sp³-hybridized carbons (Fsp3) is 0.440. The minimum atomic E-state index is -3.86. The van der Waals surface area contributed by atoms with E-state index in [4.69, 9.17) is 0 Å². The molecule has 1 N–H and O–H groups in total. The lowest BCUT2D eigenvalue weighted by Crippen LogP contribution is -2.55. The van der Waals surface area contributed by atoms with Gasteiger partial charge in [0, 0.05) is 12.1 Å². The minimum Gasteiger partial charge on any atom is -0.350 e. The first-order valence-electron chi connectivity index (χ1n) is 11.1. The van der Waals surface area contributed by atoms with Gasteiger partial charge in [0.05, 0.1) is 11.9 Å². The molecule has 2 aromatic carbocycles. The van der Waals surface area contributed by atoms with Crippen molar-refractivity contribution >= 4 is 27.5 Å². The summed E-state index contributed by atoms with van der Waals surface area (Å²) < 4.78 is 39.4. The third-order valence-electron chi connectivity index (χ3n) is 5.28. The minimum absolute atomic E-state index is 0.141.